The number of piperidine rings is 1. The SMILES string of the molecule is CC1CCC(c2noc(C3CCNCC3)n2)CC1. The summed E-state index contributed by atoms with van der Waals surface area (Å²) < 4.78 is 5.50. The average Bonchev–Trinajstić information content (AvgIpc) is 2.90. The van der Waals surface area contributed by atoms with Crippen molar-refractivity contribution in [3.63, 3.8) is 0 Å². The summed E-state index contributed by atoms with van der Waals surface area (Å²) in [6, 6.07) is 0. The third-order valence-electron chi connectivity index (χ3n) is 4.53. The maximum Gasteiger partial charge on any atom is 0.229 e. The summed E-state index contributed by atoms with van der Waals surface area (Å²) in [5.74, 6) is 3.74. The Kier molecular flexibility index (Phi) is 3.64. The predicted octanol–water partition coefficient (Wildman–Crippen LogP) is 2.83. The quantitative estimate of drug-likeness (QED) is 0.875. The van der Waals surface area contributed by atoms with Gasteiger partial charge in [-0.05, 0) is 44.7 Å². The van der Waals surface area contributed by atoms with Crippen molar-refractivity contribution in [2.24, 2.45) is 5.92 Å². The Labute approximate surface area is 109 Å². The van der Waals surface area contributed by atoms with Crippen LogP contribution in [-0.2, 0) is 0 Å². The molecule has 0 radical (unpaired) electrons. The Balaban J connectivity index is 1.65. The lowest BCUT2D eigenvalue weighted by Crippen LogP contribution is -2.26. The molecule has 0 atom stereocenters. The molecular formula is C14H23N3O. The minimum absolute atomic E-state index is 0.481. The molecule has 1 aliphatic carbocycles. The van der Waals surface area contributed by atoms with E-state index in [9.17, 15) is 0 Å². The highest BCUT2D eigenvalue weighted by atomic mass is 16.5. The van der Waals surface area contributed by atoms with Gasteiger partial charge < -0.3 is 9.84 Å². The molecular weight excluding hydrogens is 226 g/mol. The topological polar surface area (TPSA) is 51.0 Å². The normalized spacial score (nSPS) is 30.5. The number of rotatable bonds is 2. The number of nitrogens with zero attached hydrogens (tertiary/aromatic N) is 2. The molecule has 1 saturated heterocycles. The molecule has 100 valence electrons. The lowest BCUT2D eigenvalue weighted by molar-refractivity contribution is 0.306. The largest absolute Gasteiger partial charge is 0.339 e. The number of aromatic nitrogens is 2. The van der Waals surface area contributed by atoms with Gasteiger partial charge in [0.15, 0.2) is 5.82 Å². The summed E-state index contributed by atoms with van der Waals surface area (Å²) in [7, 11) is 0. The third kappa shape index (κ3) is 2.58. The molecule has 2 fully saturated rings. The fourth-order valence-corrected chi connectivity index (χ4v) is 3.17. The highest BCUT2D eigenvalue weighted by molar-refractivity contribution is 5.01. The van der Waals surface area contributed by atoms with Crippen LogP contribution in [0, 0.1) is 5.92 Å². The van der Waals surface area contributed by atoms with Crippen molar-refractivity contribution < 1.29 is 4.52 Å². The zero-order valence-electron chi connectivity index (χ0n) is 11.2. The van der Waals surface area contributed by atoms with Crippen LogP contribution in [0.25, 0.3) is 0 Å². The van der Waals surface area contributed by atoms with Gasteiger partial charge in [0.1, 0.15) is 0 Å². The van der Waals surface area contributed by atoms with Gasteiger partial charge in [0.2, 0.25) is 5.89 Å². The van der Waals surface area contributed by atoms with Crippen molar-refractivity contribution in [3.05, 3.63) is 11.7 Å². The Morgan fingerprint density at radius 1 is 1.00 bits per heavy atom. The first-order chi connectivity index (χ1) is 8.83. The number of hydrogen-bond acceptors (Lipinski definition) is 4. The molecule has 0 bridgehead atoms. The molecule has 3 rings (SSSR count). The summed E-state index contributed by atoms with van der Waals surface area (Å²) in [6.45, 7) is 4.49. The molecule has 1 aromatic rings. The maximum atomic E-state index is 5.50. The second kappa shape index (κ2) is 5.39. The highest BCUT2D eigenvalue weighted by Gasteiger charge is 2.26. The van der Waals surface area contributed by atoms with Gasteiger partial charge in [-0.15, -0.1) is 0 Å². The van der Waals surface area contributed by atoms with Gasteiger partial charge in [0.25, 0.3) is 0 Å². The van der Waals surface area contributed by atoms with Crippen molar-refractivity contribution in [1.29, 1.82) is 0 Å². The number of hydrogen-bond donors (Lipinski definition) is 1. The zero-order chi connectivity index (χ0) is 12.4. The standard InChI is InChI=1S/C14H23N3O/c1-10-2-4-11(5-3-10)13-16-14(18-17-13)12-6-8-15-9-7-12/h10-12,15H,2-9H2,1H3. The molecule has 1 aromatic heterocycles. The van der Waals surface area contributed by atoms with Crippen molar-refractivity contribution in [2.75, 3.05) is 13.1 Å². The van der Waals surface area contributed by atoms with Crippen LogP contribution in [0.1, 0.15) is 69.0 Å². The van der Waals surface area contributed by atoms with Crippen LogP contribution < -0.4 is 5.32 Å². The highest BCUT2D eigenvalue weighted by Crippen LogP contribution is 2.35. The van der Waals surface area contributed by atoms with E-state index in [-0.39, 0.29) is 0 Å². The maximum absolute atomic E-state index is 5.50. The first-order valence-electron chi connectivity index (χ1n) is 7.37. The van der Waals surface area contributed by atoms with E-state index in [1.54, 1.807) is 0 Å². The van der Waals surface area contributed by atoms with Crippen LogP contribution in [0.4, 0.5) is 0 Å². The monoisotopic (exact) mass is 249 g/mol. The zero-order valence-corrected chi connectivity index (χ0v) is 11.2. The lowest BCUT2D eigenvalue weighted by Gasteiger charge is -2.23. The van der Waals surface area contributed by atoms with Crippen molar-refractivity contribution in [3.8, 4) is 0 Å². The van der Waals surface area contributed by atoms with Crippen LogP contribution >= 0.6 is 0 Å². The van der Waals surface area contributed by atoms with Gasteiger partial charge in [-0.1, -0.05) is 24.9 Å². The molecule has 2 heterocycles. The van der Waals surface area contributed by atoms with E-state index in [0.717, 1.165) is 43.6 Å². The second-order valence-corrected chi connectivity index (χ2v) is 5.97. The molecule has 0 spiro atoms. The van der Waals surface area contributed by atoms with Gasteiger partial charge >= 0.3 is 0 Å². The Hall–Kier alpha value is -0.900. The van der Waals surface area contributed by atoms with Crippen LogP contribution in [0.15, 0.2) is 4.52 Å². The number of nitrogens with one attached hydrogen (secondary N) is 1. The van der Waals surface area contributed by atoms with Gasteiger partial charge in [0, 0.05) is 11.8 Å². The van der Waals surface area contributed by atoms with Crippen molar-refractivity contribution in [1.82, 2.24) is 15.5 Å². The van der Waals surface area contributed by atoms with Gasteiger partial charge in [0.05, 0.1) is 0 Å². The second-order valence-electron chi connectivity index (χ2n) is 5.97. The minimum Gasteiger partial charge on any atom is -0.339 e. The van der Waals surface area contributed by atoms with Crippen molar-refractivity contribution in [2.45, 2.75) is 57.3 Å². The average molecular weight is 249 g/mol. The van der Waals surface area contributed by atoms with Gasteiger partial charge in [-0.25, -0.2) is 0 Å². The fraction of sp³-hybridized carbons (Fsp3) is 0.857. The Morgan fingerprint density at radius 3 is 2.44 bits per heavy atom. The summed E-state index contributed by atoms with van der Waals surface area (Å²) in [5, 5.41) is 7.60. The molecule has 0 unspecified atom stereocenters. The van der Waals surface area contributed by atoms with Crippen molar-refractivity contribution >= 4 is 0 Å². The Morgan fingerprint density at radius 2 is 1.72 bits per heavy atom. The molecule has 0 aromatic carbocycles. The van der Waals surface area contributed by atoms with Crippen LogP contribution in [0.3, 0.4) is 0 Å². The summed E-state index contributed by atoms with van der Waals surface area (Å²) in [4.78, 5) is 4.68. The van der Waals surface area contributed by atoms with E-state index >= 15 is 0 Å². The molecule has 1 aliphatic heterocycles. The fourth-order valence-electron chi connectivity index (χ4n) is 3.17. The van der Waals surface area contributed by atoms with Gasteiger partial charge in [-0.2, -0.15) is 4.98 Å². The lowest BCUT2D eigenvalue weighted by atomic mass is 9.83. The summed E-state index contributed by atoms with van der Waals surface area (Å²) >= 11 is 0. The van der Waals surface area contributed by atoms with Gasteiger partial charge in [-0.3, -0.25) is 0 Å². The minimum atomic E-state index is 0.481. The molecule has 0 amide bonds. The molecule has 4 nitrogen and oxygen atoms in total. The molecule has 2 aliphatic rings. The van der Waals surface area contributed by atoms with E-state index < -0.39 is 0 Å². The van der Waals surface area contributed by atoms with E-state index in [0.29, 0.717) is 11.8 Å². The molecule has 1 saturated carbocycles. The predicted molar refractivity (Wildman–Crippen MR) is 69.5 cm³/mol. The summed E-state index contributed by atoms with van der Waals surface area (Å²) in [6.07, 6.45) is 7.33. The molecule has 1 N–H and O–H groups in total. The first-order valence-corrected chi connectivity index (χ1v) is 7.37. The smallest absolute Gasteiger partial charge is 0.229 e. The van der Waals surface area contributed by atoms with Crippen LogP contribution in [0.2, 0.25) is 0 Å². The van der Waals surface area contributed by atoms with E-state index in [1.807, 2.05) is 0 Å². The molecule has 18 heavy (non-hydrogen) atoms. The van der Waals surface area contributed by atoms with Crippen LogP contribution in [0.5, 0.6) is 0 Å². The molecule has 4 heteroatoms. The van der Waals surface area contributed by atoms with E-state index in [1.165, 1.54) is 25.7 Å². The van der Waals surface area contributed by atoms with Crippen LogP contribution in [-0.4, -0.2) is 23.2 Å². The third-order valence-corrected chi connectivity index (χ3v) is 4.53. The Bertz CT molecular complexity index is 376. The first kappa shape index (κ1) is 12.2. The van der Waals surface area contributed by atoms with E-state index in [4.69, 9.17) is 4.52 Å². The summed E-state index contributed by atoms with van der Waals surface area (Å²) in [5.41, 5.74) is 0. The van der Waals surface area contributed by atoms with E-state index in [2.05, 4.69) is 22.4 Å².